The molecule has 2 bridgehead atoms. The second kappa shape index (κ2) is 33.9. The standard InChI is InChI=1S/C49H85N3O18P2/c1-4-5-17-23-36(53)27-28-38-40(54)31-41(55)39-24-19-15-16-20-25-44(56)65-32-37(68-45(57)26-21-14-12-10-8-6-7-9-11-13-18-22-35(2)3)33-66-71(61,62)70-72(63,64)67-34-42(47(59)46(38)58)69-48(39)52-30-29-43(50)51-49(52)60/h15,19,27-30,35-42,46-48,53-55,58-59H,4-14,16-18,20-26,31-34H2,1-3H3,(H,61,62)(H,63,64)(H2,50,51,60)/b19-15-,28-27+/t36-,37+,38-,39-,40+,41-,42+,46-,47+,48+/m0/s1. The number of carbonyl (C=O) groups is 2. The number of unbranched alkanes of at least 4 members (excludes halogenated alkanes) is 12. The number of nitrogen functional groups attached to an aromatic ring is 1. The molecular formula is C49H85N3O18P2. The molecular weight excluding hydrogens is 980 g/mol. The van der Waals surface area contributed by atoms with Gasteiger partial charge in [0.1, 0.15) is 30.9 Å². The van der Waals surface area contributed by atoms with Gasteiger partial charge in [-0.1, -0.05) is 135 Å². The molecule has 0 saturated carbocycles. The van der Waals surface area contributed by atoms with Crippen molar-refractivity contribution in [3.8, 4) is 0 Å². The summed E-state index contributed by atoms with van der Waals surface area (Å²) in [5.41, 5.74) is 4.78. The molecule has 23 heteroatoms. The van der Waals surface area contributed by atoms with Crippen LogP contribution in [0.5, 0.6) is 0 Å². The van der Waals surface area contributed by atoms with E-state index in [-0.39, 0.29) is 31.5 Å². The van der Waals surface area contributed by atoms with Crippen LogP contribution in [0.25, 0.3) is 0 Å². The van der Waals surface area contributed by atoms with Gasteiger partial charge in [-0.3, -0.25) is 23.2 Å². The lowest BCUT2D eigenvalue weighted by atomic mass is 9.82. The molecule has 3 heterocycles. The first kappa shape index (κ1) is 63.4. The predicted octanol–water partition coefficient (Wildman–Crippen LogP) is 6.85. The Kier molecular flexibility index (Phi) is 29.9. The quantitative estimate of drug-likeness (QED) is 0.0255. The van der Waals surface area contributed by atoms with Crippen molar-refractivity contribution in [2.75, 3.05) is 25.6 Å². The molecule has 2 aliphatic rings. The molecule has 2 unspecified atom stereocenters. The average Bonchev–Trinajstić information content (AvgIpc) is 3.30. The van der Waals surface area contributed by atoms with Crippen LogP contribution >= 0.6 is 15.6 Å². The van der Waals surface area contributed by atoms with Crippen LogP contribution < -0.4 is 11.4 Å². The fourth-order valence-corrected chi connectivity index (χ4v) is 10.7. The Bertz CT molecular complexity index is 1940. The maximum Gasteiger partial charge on any atom is 0.481 e. The number of rotatable bonds is 22. The van der Waals surface area contributed by atoms with Crippen LogP contribution in [0.3, 0.4) is 0 Å². The van der Waals surface area contributed by atoms with E-state index in [4.69, 9.17) is 29.0 Å². The second-order valence-corrected chi connectivity index (χ2v) is 22.5. The van der Waals surface area contributed by atoms with Crippen molar-refractivity contribution < 1.29 is 81.6 Å². The van der Waals surface area contributed by atoms with E-state index in [2.05, 4.69) is 23.1 Å². The highest BCUT2D eigenvalue weighted by Gasteiger charge is 2.45. The Morgan fingerprint density at radius 3 is 2.12 bits per heavy atom. The average molecular weight is 1070 g/mol. The van der Waals surface area contributed by atoms with Crippen LogP contribution in [0.15, 0.2) is 41.4 Å². The highest BCUT2D eigenvalue weighted by Crippen LogP contribution is 2.60. The molecule has 1 fully saturated rings. The predicted molar refractivity (Wildman–Crippen MR) is 268 cm³/mol. The summed E-state index contributed by atoms with van der Waals surface area (Å²) in [6.07, 6.45) is 9.59. The number of aliphatic hydroxyl groups is 5. The lowest BCUT2D eigenvalue weighted by Crippen LogP contribution is -2.52. The van der Waals surface area contributed by atoms with Gasteiger partial charge < -0.3 is 55.3 Å². The minimum Gasteiger partial charge on any atom is -0.462 e. The monoisotopic (exact) mass is 1070 g/mol. The summed E-state index contributed by atoms with van der Waals surface area (Å²) in [5.74, 6) is -3.40. The molecule has 12 atom stereocenters. The van der Waals surface area contributed by atoms with E-state index in [1.807, 2.05) is 6.92 Å². The van der Waals surface area contributed by atoms with Crippen molar-refractivity contribution in [1.82, 2.24) is 9.55 Å². The molecule has 0 radical (unpaired) electrons. The molecule has 0 aromatic carbocycles. The third-order valence-corrected chi connectivity index (χ3v) is 15.4. The molecule has 414 valence electrons. The summed E-state index contributed by atoms with van der Waals surface area (Å²) in [7, 11) is -11.3. The minimum atomic E-state index is -5.70. The van der Waals surface area contributed by atoms with E-state index in [0.29, 0.717) is 25.7 Å². The van der Waals surface area contributed by atoms with Gasteiger partial charge in [-0.2, -0.15) is 9.29 Å². The number of aliphatic hydroxyl groups excluding tert-OH is 5. The Morgan fingerprint density at radius 1 is 0.861 bits per heavy atom. The summed E-state index contributed by atoms with van der Waals surface area (Å²) < 4.78 is 59.1. The first-order chi connectivity index (χ1) is 34.2. The highest BCUT2D eigenvalue weighted by atomic mass is 31.3. The molecule has 21 nitrogen and oxygen atoms in total. The van der Waals surface area contributed by atoms with Crippen molar-refractivity contribution in [3.05, 3.63) is 47.1 Å². The number of hydrogen-bond donors (Lipinski definition) is 8. The summed E-state index contributed by atoms with van der Waals surface area (Å²) in [5, 5.41) is 57.5. The Morgan fingerprint density at radius 2 is 1.49 bits per heavy atom. The van der Waals surface area contributed by atoms with Gasteiger partial charge in [-0.05, 0) is 44.1 Å². The number of aromatic nitrogens is 2. The lowest BCUT2D eigenvalue weighted by Gasteiger charge is -2.40. The van der Waals surface area contributed by atoms with Crippen LogP contribution in [0.2, 0.25) is 0 Å². The summed E-state index contributed by atoms with van der Waals surface area (Å²) in [4.78, 5) is 64.2. The topological polar surface area (TPSA) is 326 Å². The summed E-state index contributed by atoms with van der Waals surface area (Å²) in [6.45, 7) is 3.77. The van der Waals surface area contributed by atoms with E-state index in [9.17, 15) is 58.8 Å². The van der Waals surface area contributed by atoms with Gasteiger partial charge >= 0.3 is 33.3 Å². The molecule has 2 aliphatic heterocycles. The van der Waals surface area contributed by atoms with E-state index < -0.39 is 120 Å². The number of cyclic esters (lactones) is 1. The van der Waals surface area contributed by atoms with Gasteiger partial charge in [-0.25, -0.2) is 13.9 Å². The zero-order chi connectivity index (χ0) is 53.1. The number of nitrogens with zero attached hydrogens (tertiary/aromatic N) is 2. The lowest BCUT2D eigenvalue weighted by molar-refractivity contribution is -0.194. The van der Waals surface area contributed by atoms with Crippen molar-refractivity contribution in [1.29, 1.82) is 0 Å². The molecule has 1 aromatic heterocycles. The molecule has 0 amide bonds. The number of hydrogen-bond acceptors (Lipinski definition) is 18. The van der Waals surface area contributed by atoms with Crippen molar-refractivity contribution in [3.63, 3.8) is 0 Å². The van der Waals surface area contributed by atoms with Gasteiger partial charge in [0.25, 0.3) is 0 Å². The molecule has 1 aromatic rings. The molecule has 3 rings (SSSR count). The van der Waals surface area contributed by atoms with Gasteiger partial charge in [0, 0.05) is 37.3 Å². The number of allylic oxidation sites excluding steroid dienone is 2. The number of carbonyl (C=O) groups excluding carboxylic acids is 2. The fourth-order valence-electron chi connectivity index (χ4n) is 8.60. The number of fused-ring (bicyclic) bond motifs is 3. The maximum atomic E-state index is 13.4. The zero-order valence-corrected chi connectivity index (χ0v) is 44.3. The largest absolute Gasteiger partial charge is 0.481 e. The van der Waals surface area contributed by atoms with Crippen molar-refractivity contribution >= 4 is 33.4 Å². The van der Waals surface area contributed by atoms with E-state index in [0.717, 1.165) is 55.4 Å². The summed E-state index contributed by atoms with van der Waals surface area (Å²) >= 11 is 0. The van der Waals surface area contributed by atoms with E-state index >= 15 is 0 Å². The number of ether oxygens (including phenoxy) is 3. The molecule has 1 saturated heterocycles. The number of phosphoric ester groups is 2. The Hall–Kier alpha value is -2.88. The molecule has 72 heavy (non-hydrogen) atoms. The Balaban J connectivity index is 1.82. The first-order valence-electron chi connectivity index (χ1n) is 26.0. The van der Waals surface area contributed by atoms with Crippen LogP contribution in [0, 0.1) is 17.8 Å². The van der Waals surface area contributed by atoms with Crippen LogP contribution in [0.1, 0.15) is 168 Å². The van der Waals surface area contributed by atoms with Gasteiger partial charge in [0.05, 0.1) is 37.6 Å². The van der Waals surface area contributed by atoms with Gasteiger partial charge in [0.2, 0.25) is 0 Å². The molecule has 0 aliphatic carbocycles. The number of esters is 2. The molecule has 0 spiro atoms. The zero-order valence-electron chi connectivity index (χ0n) is 42.5. The number of nitrogens with two attached hydrogens (primary N) is 1. The molecule has 9 N–H and O–H groups in total. The SMILES string of the molecule is CCCCC[C@H](O)/C=C/[C@@H]1[C@H](O)[C@H](O)[C@H]2COP(=O)(O)OP(=O)(O)OC[C@H](OC(=O)CCCCCCCCCCCCCC(C)C)COC(=O)CCC/C=C\C[C@H]([C@H](n3ccc(N)nc3=O)O2)[C@@H](O)C[C@H]1O. The fraction of sp³-hybridized carbons (Fsp3) is 0.796. The minimum absolute atomic E-state index is 0.00310. The van der Waals surface area contributed by atoms with E-state index in [1.54, 1.807) is 12.2 Å². The number of phosphoric acid groups is 2. The van der Waals surface area contributed by atoms with E-state index in [1.165, 1.54) is 62.9 Å². The van der Waals surface area contributed by atoms with Crippen molar-refractivity contribution in [2.24, 2.45) is 17.8 Å². The smallest absolute Gasteiger partial charge is 0.462 e. The highest BCUT2D eigenvalue weighted by molar-refractivity contribution is 7.61. The third kappa shape index (κ3) is 25.1. The third-order valence-electron chi connectivity index (χ3n) is 12.8. The summed E-state index contributed by atoms with van der Waals surface area (Å²) in [6, 6.07) is 1.24. The first-order valence-corrected chi connectivity index (χ1v) is 29.0. The second-order valence-electron chi connectivity index (χ2n) is 19.5. The number of anilines is 1. The van der Waals surface area contributed by atoms with Crippen LogP contribution in [-0.4, -0.2) is 119 Å². The maximum absolute atomic E-state index is 13.4. The van der Waals surface area contributed by atoms with Gasteiger partial charge in [-0.15, -0.1) is 0 Å². The normalized spacial score (nSPS) is 30.9. The van der Waals surface area contributed by atoms with Crippen LogP contribution in [0.4, 0.5) is 5.82 Å². The van der Waals surface area contributed by atoms with Gasteiger partial charge in [0.15, 0.2) is 6.10 Å². The van der Waals surface area contributed by atoms with Crippen LogP contribution in [-0.2, 0) is 46.3 Å². The Labute approximate surface area is 424 Å². The van der Waals surface area contributed by atoms with Crippen molar-refractivity contribution in [2.45, 2.75) is 211 Å².